The lowest BCUT2D eigenvalue weighted by molar-refractivity contribution is -0.0617. The molecule has 0 aromatic carbocycles. The molecule has 0 spiro atoms. The van der Waals surface area contributed by atoms with Crippen molar-refractivity contribution in [1.29, 1.82) is 0 Å². The van der Waals surface area contributed by atoms with E-state index >= 15 is 0 Å². The largest absolute Gasteiger partial charge is 0.374 e. The lowest BCUT2D eigenvalue weighted by atomic mass is 10.1. The molecule has 3 atom stereocenters. The summed E-state index contributed by atoms with van der Waals surface area (Å²) in [5.41, 5.74) is 2.76. The zero-order valence-electron chi connectivity index (χ0n) is 8.20. The summed E-state index contributed by atoms with van der Waals surface area (Å²) in [6.45, 7) is 5.23. The summed E-state index contributed by atoms with van der Waals surface area (Å²) in [7, 11) is 0. The molecule has 3 N–H and O–H groups in total. The van der Waals surface area contributed by atoms with Crippen LogP contribution in [0.15, 0.2) is 0 Å². The van der Waals surface area contributed by atoms with Crippen molar-refractivity contribution < 1.29 is 4.74 Å². The van der Waals surface area contributed by atoms with Crippen molar-refractivity contribution in [2.24, 2.45) is 5.84 Å². The summed E-state index contributed by atoms with van der Waals surface area (Å²) in [6, 6.07) is 0.933. The van der Waals surface area contributed by atoms with Gasteiger partial charge in [0.25, 0.3) is 0 Å². The van der Waals surface area contributed by atoms with Crippen LogP contribution in [-0.4, -0.2) is 42.8 Å². The van der Waals surface area contributed by atoms with E-state index in [4.69, 9.17) is 10.6 Å². The molecule has 0 aromatic rings. The van der Waals surface area contributed by atoms with Gasteiger partial charge in [0.2, 0.25) is 0 Å². The molecule has 3 unspecified atom stereocenters. The molecule has 0 aliphatic carbocycles. The van der Waals surface area contributed by atoms with Gasteiger partial charge in [-0.25, -0.2) is 0 Å². The first-order chi connectivity index (χ1) is 6.31. The number of fused-ring (bicyclic) bond motifs is 1. The fraction of sp³-hybridized carbons (Fsp3) is 1.00. The van der Waals surface area contributed by atoms with Gasteiger partial charge in [-0.2, -0.15) is 0 Å². The van der Waals surface area contributed by atoms with Crippen LogP contribution in [0.3, 0.4) is 0 Å². The second-order valence-corrected chi connectivity index (χ2v) is 4.12. The third kappa shape index (κ3) is 1.86. The second-order valence-electron chi connectivity index (χ2n) is 4.12. The van der Waals surface area contributed by atoms with Crippen LogP contribution in [0.5, 0.6) is 0 Å². The van der Waals surface area contributed by atoms with Gasteiger partial charge in [0.05, 0.1) is 12.7 Å². The van der Waals surface area contributed by atoms with Crippen LogP contribution in [0, 0.1) is 0 Å². The second kappa shape index (κ2) is 3.92. The number of nitrogens with two attached hydrogens (primary N) is 1. The molecule has 2 rings (SSSR count). The van der Waals surface area contributed by atoms with Crippen molar-refractivity contribution in [3.63, 3.8) is 0 Å². The Morgan fingerprint density at radius 3 is 3.23 bits per heavy atom. The summed E-state index contributed by atoms with van der Waals surface area (Å²) in [6.07, 6.45) is 2.89. The van der Waals surface area contributed by atoms with E-state index in [1.165, 1.54) is 19.4 Å². The topological polar surface area (TPSA) is 50.5 Å². The fourth-order valence-corrected chi connectivity index (χ4v) is 2.25. The van der Waals surface area contributed by atoms with E-state index in [2.05, 4.69) is 17.2 Å². The maximum atomic E-state index is 5.76. The highest BCUT2D eigenvalue weighted by atomic mass is 16.5. The Morgan fingerprint density at radius 2 is 2.46 bits per heavy atom. The highest BCUT2D eigenvalue weighted by Crippen LogP contribution is 2.23. The molecule has 0 aromatic heterocycles. The molecule has 2 fully saturated rings. The van der Waals surface area contributed by atoms with Gasteiger partial charge in [0, 0.05) is 18.6 Å². The van der Waals surface area contributed by atoms with E-state index in [-0.39, 0.29) is 12.1 Å². The van der Waals surface area contributed by atoms with Crippen LogP contribution in [-0.2, 0) is 4.74 Å². The zero-order valence-corrected chi connectivity index (χ0v) is 8.20. The van der Waals surface area contributed by atoms with Gasteiger partial charge in [-0.1, -0.05) is 0 Å². The third-order valence-electron chi connectivity index (χ3n) is 3.24. The lowest BCUT2D eigenvalue weighted by Crippen LogP contribution is -2.54. The SMILES string of the molecule is CC(NN)C1CN2CCCC2CO1. The van der Waals surface area contributed by atoms with Gasteiger partial charge in [-0.15, -0.1) is 0 Å². The Morgan fingerprint density at radius 1 is 1.62 bits per heavy atom. The van der Waals surface area contributed by atoms with Crippen molar-refractivity contribution in [2.75, 3.05) is 19.7 Å². The van der Waals surface area contributed by atoms with Crippen LogP contribution in [0.2, 0.25) is 0 Å². The molecule has 2 heterocycles. The van der Waals surface area contributed by atoms with E-state index < -0.39 is 0 Å². The van der Waals surface area contributed by atoms with Crippen molar-refractivity contribution in [2.45, 2.75) is 38.0 Å². The van der Waals surface area contributed by atoms with E-state index in [0.29, 0.717) is 6.04 Å². The molecule has 0 amide bonds. The van der Waals surface area contributed by atoms with E-state index in [9.17, 15) is 0 Å². The first-order valence-corrected chi connectivity index (χ1v) is 5.13. The number of hydrazine groups is 1. The first kappa shape index (κ1) is 9.40. The highest BCUT2D eigenvalue weighted by molar-refractivity contribution is 4.88. The minimum atomic E-state index is 0.251. The normalized spacial score (nSPS) is 37.4. The van der Waals surface area contributed by atoms with Gasteiger partial charge in [-0.3, -0.25) is 16.2 Å². The predicted octanol–water partition coefficient (Wildman–Crippen LogP) is -0.299. The number of morpholine rings is 1. The fourth-order valence-electron chi connectivity index (χ4n) is 2.25. The van der Waals surface area contributed by atoms with E-state index in [0.717, 1.165) is 13.2 Å². The van der Waals surface area contributed by atoms with Crippen molar-refractivity contribution in [1.82, 2.24) is 10.3 Å². The van der Waals surface area contributed by atoms with Crippen LogP contribution in [0.4, 0.5) is 0 Å². The molecule has 4 nitrogen and oxygen atoms in total. The van der Waals surface area contributed by atoms with E-state index in [1.807, 2.05) is 0 Å². The average Bonchev–Trinajstić information content (AvgIpc) is 2.63. The van der Waals surface area contributed by atoms with Gasteiger partial charge < -0.3 is 4.74 Å². The van der Waals surface area contributed by atoms with Crippen molar-refractivity contribution in [3.05, 3.63) is 0 Å². The Hall–Kier alpha value is -0.160. The van der Waals surface area contributed by atoms with Crippen LogP contribution in [0.25, 0.3) is 0 Å². The standard InChI is InChI=1S/C9H19N3O/c1-7(11-10)9-5-12-4-2-3-8(12)6-13-9/h7-9,11H,2-6,10H2,1H3. The smallest absolute Gasteiger partial charge is 0.0866 e. The van der Waals surface area contributed by atoms with Gasteiger partial charge in [0.1, 0.15) is 0 Å². The Kier molecular flexibility index (Phi) is 2.83. The number of rotatable bonds is 2. The quantitative estimate of drug-likeness (QED) is 0.458. The number of hydrogen-bond acceptors (Lipinski definition) is 4. The monoisotopic (exact) mass is 185 g/mol. The predicted molar refractivity (Wildman–Crippen MR) is 51.1 cm³/mol. The Labute approximate surface area is 79.4 Å². The third-order valence-corrected chi connectivity index (χ3v) is 3.24. The highest BCUT2D eigenvalue weighted by Gasteiger charge is 2.33. The minimum absolute atomic E-state index is 0.251. The summed E-state index contributed by atoms with van der Waals surface area (Å²) < 4.78 is 5.76. The van der Waals surface area contributed by atoms with Gasteiger partial charge in [-0.05, 0) is 26.3 Å². The molecule has 2 aliphatic rings. The summed E-state index contributed by atoms with van der Waals surface area (Å²) in [5.74, 6) is 5.39. The molecular weight excluding hydrogens is 166 g/mol. The number of nitrogens with one attached hydrogen (secondary N) is 1. The summed E-state index contributed by atoms with van der Waals surface area (Å²) in [5, 5.41) is 0. The minimum Gasteiger partial charge on any atom is -0.374 e. The summed E-state index contributed by atoms with van der Waals surface area (Å²) >= 11 is 0. The van der Waals surface area contributed by atoms with Crippen molar-refractivity contribution >= 4 is 0 Å². The number of ether oxygens (including phenoxy) is 1. The maximum absolute atomic E-state index is 5.76. The molecule has 0 bridgehead atoms. The molecule has 2 aliphatic heterocycles. The molecule has 0 saturated carbocycles. The number of nitrogens with zero attached hydrogens (tertiary/aromatic N) is 1. The maximum Gasteiger partial charge on any atom is 0.0866 e. The van der Waals surface area contributed by atoms with Crippen LogP contribution < -0.4 is 11.3 Å². The average molecular weight is 185 g/mol. The number of hydrogen-bond donors (Lipinski definition) is 2. The Bertz CT molecular complexity index is 176. The van der Waals surface area contributed by atoms with Gasteiger partial charge in [0.15, 0.2) is 0 Å². The molecular formula is C9H19N3O. The molecule has 13 heavy (non-hydrogen) atoms. The molecule has 0 radical (unpaired) electrons. The van der Waals surface area contributed by atoms with Crippen molar-refractivity contribution in [3.8, 4) is 0 Å². The van der Waals surface area contributed by atoms with Crippen LogP contribution >= 0.6 is 0 Å². The first-order valence-electron chi connectivity index (χ1n) is 5.13. The zero-order chi connectivity index (χ0) is 9.26. The summed E-state index contributed by atoms with van der Waals surface area (Å²) in [4.78, 5) is 2.53. The molecule has 4 heteroatoms. The van der Waals surface area contributed by atoms with Crippen LogP contribution in [0.1, 0.15) is 19.8 Å². The molecule has 76 valence electrons. The Balaban J connectivity index is 1.89. The van der Waals surface area contributed by atoms with E-state index in [1.54, 1.807) is 0 Å². The van der Waals surface area contributed by atoms with Gasteiger partial charge >= 0.3 is 0 Å². The molecule has 2 saturated heterocycles. The lowest BCUT2D eigenvalue weighted by Gasteiger charge is -2.37.